The minimum atomic E-state index is -0.558. The van der Waals surface area contributed by atoms with E-state index in [0.29, 0.717) is 22.3 Å². The van der Waals surface area contributed by atoms with Crippen LogP contribution in [0.5, 0.6) is 0 Å². The quantitative estimate of drug-likeness (QED) is 0.493. The largest absolute Gasteiger partial charge is 0.462 e. The Morgan fingerprint density at radius 3 is 2.00 bits per heavy atom. The van der Waals surface area contributed by atoms with Gasteiger partial charge in [0.15, 0.2) is 5.78 Å². The van der Waals surface area contributed by atoms with Crippen molar-refractivity contribution in [3.05, 3.63) is 101 Å². The molecule has 0 aliphatic rings. The van der Waals surface area contributed by atoms with Crippen LogP contribution in [0.25, 0.3) is 0 Å². The summed E-state index contributed by atoms with van der Waals surface area (Å²) in [5.74, 6) is -1.12. The zero-order valence-corrected chi connectivity index (χ0v) is 16.3. The number of ketones is 1. The predicted molar refractivity (Wildman–Crippen MR) is 111 cm³/mol. The summed E-state index contributed by atoms with van der Waals surface area (Å²) in [7, 11) is 0. The van der Waals surface area contributed by atoms with Crippen LogP contribution in [-0.2, 0) is 4.74 Å². The van der Waals surface area contributed by atoms with E-state index in [0.717, 1.165) is 0 Å². The lowest BCUT2D eigenvalue weighted by molar-refractivity contribution is 0.0527. The van der Waals surface area contributed by atoms with Gasteiger partial charge in [-0.25, -0.2) is 4.79 Å². The molecule has 3 aromatic carbocycles. The number of hydrogen-bond donors (Lipinski definition) is 1. The highest BCUT2D eigenvalue weighted by Gasteiger charge is 2.21. The van der Waals surface area contributed by atoms with Crippen LogP contribution in [0.15, 0.2) is 72.8 Å². The van der Waals surface area contributed by atoms with Crippen LogP contribution in [0.3, 0.4) is 0 Å². The van der Waals surface area contributed by atoms with E-state index in [-0.39, 0.29) is 29.5 Å². The number of anilines is 1. The summed E-state index contributed by atoms with van der Waals surface area (Å²) >= 11 is 0. The molecule has 0 aliphatic heterocycles. The number of carbonyl (C=O) groups excluding carboxylic acids is 3. The molecular formula is C24H21NO4. The van der Waals surface area contributed by atoms with Crippen molar-refractivity contribution in [3.8, 4) is 0 Å². The summed E-state index contributed by atoms with van der Waals surface area (Å²) in [6.45, 7) is 3.66. The molecule has 1 N–H and O–H groups in total. The molecule has 0 atom stereocenters. The highest BCUT2D eigenvalue weighted by atomic mass is 16.5. The highest BCUT2D eigenvalue weighted by Crippen LogP contribution is 2.25. The number of esters is 1. The maximum absolute atomic E-state index is 13.0. The van der Waals surface area contributed by atoms with Crippen molar-refractivity contribution >= 4 is 23.3 Å². The molecule has 1 amide bonds. The average Bonchev–Trinajstić information content (AvgIpc) is 2.75. The predicted octanol–water partition coefficient (Wildman–Crippen LogP) is 4.66. The molecule has 0 radical (unpaired) electrons. The molecule has 0 bridgehead atoms. The van der Waals surface area contributed by atoms with Gasteiger partial charge in [-0.05, 0) is 43.7 Å². The van der Waals surface area contributed by atoms with E-state index in [1.807, 2.05) is 12.1 Å². The van der Waals surface area contributed by atoms with Gasteiger partial charge in [-0.3, -0.25) is 9.59 Å². The molecule has 0 heterocycles. The minimum Gasteiger partial charge on any atom is -0.462 e. The SMILES string of the molecule is CCOC(=O)c1cc(C)c(C(=O)c2ccccc2)cc1NC(=O)c1ccccc1. The number of carbonyl (C=O) groups is 3. The lowest BCUT2D eigenvalue weighted by Gasteiger charge is -2.15. The van der Waals surface area contributed by atoms with Crippen LogP contribution in [0.4, 0.5) is 5.69 Å². The Morgan fingerprint density at radius 1 is 0.828 bits per heavy atom. The van der Waals surface area contributed by atoms with Gasteiger partial charge >= 0.3 is 5.97 Å². The lowest BCUT2D eigenvalue weighted by atomic mass is 9.96. The highest BCUT2D eigenvalue weighted by molar-refractivity contribution is 6.13. The molecule has 0 saturated carbocycles. The fraction of sp³-hybridized carbons (Fsp3) is 0.125. The van der Waals surface area contributed by atoms with Crippen LogP contribution in [0, 0.1) is 6.92 Å². The van der Waals surface area contributed by atoms with Crippen molar-refractivity contribution in [2.75, 3.05) is 11.9 Å². The smallest absolute Gasteiger partial charge is 0.340 e. The Balaban J connectivity index is 2.04. The summed E-state index contributed by atoms with van der Waals surface area (Å²) in [6.07, 6.45) is 0. The molecule has 5 nitrogen and oxygen atoms in total. The van der Waals surface area contributed by atoms with Crippen LogP contribution in [0.2, 0.25) is 0 Å². The maximum Gasteiger partial charge on any atom is 0.340 e. The second kappa shape index (κ2) is 8.97. The molecule has 0 saturated heterocycles. The van der Waals surface area contributed by atoms with Gasteiger partial charge in [-0.2, -0.15) is 0 Å². The fourth-order valence-corrected chi connectivity index (χ4v) is 2.96. The third-order valence-electron chi connectivity index (χ3n) is 4.42. The van der Waals surface area contributed by atoms with E-state index < -0.39 is 5.97 Å². The van der Waals surface area contributed by atoms with E-state index in [1.165, 1.54) is 6.07 Å². The van der Waals surface area contributed by atoms with E-state index in [9.17, 15) is 14.4 Å². The zero-order valence-electron chi connectivity index (χ0n) is 16.3. The second-order valence-corrected chi connectivity index (χ2v) is 6.45. The summed E-state index contributed by atoms with van der Waals surface area (Å²) in [6, 6.07) is 20.6. The molecule has 0 fully saturated rings. The van der Waals surface area contributed by atoms with Gasteiger partial charge in [0.05, 0.1) is 17.9 Å². The van der Waals surface area contributed by atoms with E-state index >= 15 is 0 Å². The average molecular weight is 387 g/mol. The first-order valence-electron chi connectivity index (χ1n) is 9.29. The van der Waals surface area contributed by atoms with Gasteiger partial charge in [0.1, 0.15) is 0 Å². The molecule has 5 heteroatoms. The number of amides is 1. The molecule has 3 rings (SSSR count). The number of hydrogen-bond acceptors (Lipinski definition) is 4. The summed E-state index contributed by atoms with van der Waals surface area (Å²) in [5.41, 5.74) is 2.45. The summed E-state index contributed by atoms with van der Waals surface area (Å²) < 4.78 is 5.12. The summed E-state index contributed by atoms with van der Waals surface area (Å²) in [5, 5.41) is 2.75. The van der Waals surface area contributed by atoms with Gasteiger partial charge in [-0.1, -0.05) is 48.5 Å². The molecular weight excluding hydrogens is 366 g/mol. The number of aryl methyl sites for hydroxylation is 1. The van der Waals surface area contributed by atoms with Crippen molar-refractivity contribution < 1.29 is 19.1 Å². The fourth-order valence-electron chi connectivity index (χ4n) is 2.96. The van der Waals surface area contributed by atoms with E-state index in [4.69, 9.17) is 4.74 Å². The molecule has 0 aliphatic carbocycles. The van der Waals surface area contributed by atoms with Crippen molar-refractivity contribution in [2.24, 2.45) is 0 Å². The van der Waals surface area contributed by atoms with Crippen LogP contribution in [0.1, 0.15) is 49.1 Å². The van der Waals surface area contributed by atoms with Gasteiger partial charge in [-0.15, -0.1) is 0 Å². The molecule has 0 unspecified atom stereocenters. The first-order valence-corrected chi connectivity index (χ1v) is 9.29. The van der Waals surface area contributed by atoms with Crippen LogP contribution in [-0.4, -0.2) is 24.3 Å². The lowest BCUT2D eigenvalue weighted by Crippen LogP contribution is -2.17. The van der Waals surface area contributed by atoms with Gasteiger partial charge in [0, 0.05) is 16.7 Å². The second-order valence-electron chi connectivity index (χ2n) is 6.45. The minimum absolute atomic E-state index is 0.186. The molecule has 0 spiro atoms. The Hall–Kier alpha value is -3.73. The van der Waals surface area contributed by atoms with E-state index in [1.54, 1.807) is 68.4 Å². The number of rotatable bonds is 6. The van der Waals surface area contributed by atoms with Gasteiger partial charge in [0.2, 0.25) is 0 Å². The summed E-state index contributed by atoms with van der Waals surface area (Å²) in [4.78, 5) is 38.0. The zero-order chi connectivity index (χ0) is 20.8. The molecule has 3 aromatic rings. The van der Waals surface area contributed by atoms with Crippen molar-refractivity contribution in [1.82, 2.24) is 0 Å². The first-order chi connectivity index (χ1) is 14.0. The van der Waals surface area contributed by atoms with Crippen molar-refractivity contribution in [1.29, 1.82) is 0 Å². The first kappa shape index (κ1) is 20.0. The number of benzene rings is 3. The third-order valence-corrected chi connectivity index (χ3v) is 4.42. The molecule has 0 aromatic heterocycles. The van der Waals surface area contributed by atoms with Gasteiger partial charge in [0.25, 0.3) is 5.91 Å². The van der Waals surface area contributed by atoms with E-state index in [2.05, 4.69) is 5.32 Å². The monoisotopic (exact) mass is 387 g/mol. The van der Waals surface area contributed by atoms with Crippen molar-refractivity contribution in [3.63, 3.8) is 0 Å². The molecule has 146 valence electrons. The number of nitrogens with one attached hydrogen (secondary N) is 1. The normalized spacial score (nSPS) is 10.3. The van der Waals surface area contributed by atoms with Gasteiger partial charge < -0.3 is 10.1 Å². The topological polar surface area (TPSA) is 72.5 Å². The third kappa shape index (κ3) is 4.58. The van der Waals surface area contributed by atoms with Crippen LogP contribution < -0.4 is 5.32 Å². The Kier molecular flexibility index (Phi) is 6.19. The Bertz CT molecular complexity index is 1040. The standard InChI is InChI=1S/C24H21NO4/c1-3-29-24(28)20-14-16(2)19(22(26)17-10-6-4-7-11-17)15-21(20)25-23(27)18-12-8-5-9-13-18/h4-15H,3H2,1-2H3,(H,25,27). The van der Waals surface area contributed by atoms with Crippen molar-refractivity contribution in [2.45, 2.75) is 13.8 Å². The number of ether oxygens (including phenoxy) is 1. The Morgan fingerprint density at radius 2 is 1.41 bits per heavy atom. The Labute approximate surface area is 169 Å². The van der Waals surface area contributed by atoms with Crippen LogP contribution >= 0.6 is 0 Å². The maximum atomic E-state index is 13.0. The molecule has 29 heavy (non-hydrogen) atoms.